The first kappa shape index (κ1) is 25.7. The summed E-state index contributed by atoms with van der Waals surface area (Å²) in [6.07, 6.45) is -1.19. The van der Waals surface area contributed by atoms with Gasteiger partial charge in [0, 0.05) is 17.5 Å². The SMILES string of the molecule is O=C(N[C@@H](C(=O)COC1CCNCC1)c1nc(-c2ccc(C(F)(F)F)cc2)cs1)C1CCCNC1. The van der Waals surface area contributed by atoms with Crippen LogP contribution in [0.5, 0.6) is 0 Å². The molecular formula is C24H29F3N4O3S. The van der Waals surface area contributed by atoms with Crippen LogP contribution in [0.1, 0.15) is 42.3 Å². The highest BCUT2D eigenvalue weighted by molar-refractivity contribution is 7.10. The maximum atomic E-state index is 13.2. The monoisotopic (exact) mass is 510 g/mol. The van der Waals surface area contributed by atoms with Crippen molar-refractivity contribution < 1.29 is 27.5 Å². The third kappa shape index (κ3) is 6.87. The second kappa shape index (κ2) is 11.6. The quantitative estimate of drug-likeness (QED) is 0.505. The van der Waals surface area contributed by atoms with Crippen molar-refractivity contribution in [3.05, 3.63) is 40.2 Å². The Labute approximate surface area is 205 Å². The molecule has 2 atom stereocenters. The third-order valence-corrected chi connectivity index (χ3v) is 7.21. The molecule has 1 aromatic heterocycles. The molecule has 3 heterocycles. The van der Waals surface area contributed by atoms with E-state index >= 15 is 0 Å². The van der Waals surface area contributed by atoms with Gasteiger partial charge in [-0.25, -0.2) is 4.98 Å². The summed E-state index contributed by atoms with van der Waals surface area (Å²) in [7, 11) is 0. The van der Waals surface area contributed by atoms with E-state index in [1.54, 1.807) is 5.38 Å². The van der Waals surface area contributed by atoms with Crippen LogP contribution in [0.15, 0.2) is 29.6 Å². The van der Waals surface area contributed by atoms with Gasteiger partial charge in [0.25, 0.3) is 0 Å². The van der Waals surface area contributed by atoms with Gasteiger partial charge in [0.2, 0.25) is 5.91 Å². The summed E-state index contributed by atoms with van der Waals surface area (Å²) >= 11 is 1.19. The van der Waals surface area contributed by atoms with E-state index in [9.17, 15) is 22.8 Å². The Bertz CT molecular complexity index is 1000. The van der Waals surface area contributed by atoms with Crippen molar-refractivity contribution >= 4 is 23.0 Å². The van der Waals surface area contributed by atoms with Crippen LogP contribution in [0, 0.1) is 5.92 Å². The lowest BCUT2D eigenvalue weighted by Gasteiger charge is -2.26. The Kier molecular flexibility index (Phi) is 8.53. The summed E-state index contributed by atoms with van der Waals surface area (Å²) in [5.41, 5.74) is 0.206. The van der Waals surface area contributed by atoms with Crippen LogP contribution in [-0.2, 0) is 20.5 Å². The summed E-state index contributed by atoms with van der Waals surface area (Å²) < 4.78 is 44.5. The number of ketones is 1. The highest BCUT2D eigenvalue weighted by atomic mass is 32.1. The van der Waals surface area contributed by atoms with Crippen molar-refractivity contribution in [3.8, 4) is 11.3 Å². The van der Waals surface area contributed by atoms with Crippen LogP contribution in [-0.4, -0.2) is 55.6 Å². The standard InChI is InChI=1S/C24H29F3N4O3S/c25-24(26,27)17-5-3-15(4-6-17)19-14-35-23(30-19)21(31-22(33)16-2-1-9-29-12-16)20(32)13-34-18-7-10-28-11-8-18/h3-6,14,16,18,21,28-29H,1-2,7-13H2,(H,31,33)/t16?,21-/m0/s1. The molecule has 1 amide bonds. The van der Waals surface area contributed by atoms with Gasteiger partial charge in [0.1, 0.15) is 17.7 Å². The van der Waals surface area contributed by atoms with Gasteiger partial charge in [0.15, 0.2) is 5.78 Å². The van der Waals surface area contributed by atoms with Crippen molar-refractivity contribution in [2.75, 3.05) is 32.8 Å². The van der Waals surface area contributed by atoms with Crippen LogP contribution >= 0.6 is 11.3 Å². The molecular weight excluding hydrogens is 481 g/mol. The van der Waals surface area contributed by atoms with E-state index in [-0.39, 0.29) is 30.3 Å². The highest BCUT2D eigenvalue weighted by Crippen LogP contribution is 2.32. The molecule has 2 aromatic rings. The van der Waals surface area contributed by atoms with Crippen molar-refractivity contribution in [2.24, 2.45) is 5.92 Å². The number of rotatable bonds is 8. The normalized spacial score (nSPS) is 20.4. The summed E-state index contributed by atoms with van der Waals surface area (Å²) in [4.78, 5) is 30.6. The summed E-state index contributed by atoms with van der Waals surface area (Å²) in [5, 5.41) is 11.4. The zero-order chi connectivity index (χ0) is 24.8. The fourth-order valence-electron chi connectivity index (χ4n) is 4.24. The Balaban J connectivity index is 1.50. The highest BCUT2D eigenvalue weighted by Gasteiger charge is 2.32. The average Bonchev–Trinajstić information content (AvgIpc) is 3.36. The first-order chi connectivity index (χ1) is 16.8. The summed E-state index contributed by atoms with van der Waals surface area (Å²) in [5.74, 6) is -0.753. The number of carbonyl (C=O) groups excluding carboxylic acids is 2. The first-order valence-corrected chi connectivity index (χ1v) is 12.7. The smallest absolute Gasteiger partial charge is 0.370 e. The van der Waals surface area contributed by atoms with E-state index in [2.05, 4.69) is 20.9 Å². The number of halogens is 3. The summed E-state index contributed by atoms with van der Waals surface area (Å²) in [6, 6.07) is 3.73. The van der Waals surface area contributed by atoms with Gasteiger partial charge in [-0.3, -0.25) is 9.59 Å². The van der Waals surface area contributed by atoms with Crippen LogP contribution in [0.2, 0.25) is 0 Å². The lowest BCUT2D eigenvalue weighted by Crippen LogP contribution is -2.44. The van der Waals surface area contributed by atoms with E-state index in [1.165, 1.54) is 23.5 Å². The number of Topliss-reactive ketones (excluding diaryl/α,β-unsaturated/α-hetero) is 1. The molecule has 7 nitrogen and oxygen atoms in total. The number of carbonyl (C=O) groups is 2. The number of amides is 1. The molecule has 2 aliphatic rings. The van der Waals surface area contributed by atoms with Gasteiger partial charge in [-0.05, 0) is 57.5 Å². The molecule has 0 radical (unpaired) electrons. The number of aromatic nitrogens is 1. The number of benzene rings is 1. The number of alkyl halides is 3. The van der Waals surface area contributed by atoms with Gasteiger partial charge in [-0.2, -0.15) is 13.2 Å². The minimum atomic E-state index is -4.42. The van der Waals surface area contributed by atoms with Crippen LogP contribution < -0.4 is 16.0 Å². The van der Waals surface area contributed by atoms with Gasteiger partial charge < -0.3 is 20.7 Å². The van der Waals surface area contributed by atoms with Crippen molar-refractivity contribution in [3.63, 3.8) is 0 Å². The predicted molar refractivity (Wildman–Crippen MR) is 126 cm³/mol. The van der Waals surface area contributed by atoms with E-state index in [0.717, 1.165) is 57.5 Å². The molecule has 2 fully saturated rings. The van der Waals surface area contributed by atoms with Gasteiger partial charge in [-0.1, -0.05) is 12.1 Å². The topological polar surface area (TPSA) is 92.4 Å². The summed E-state index contributed by atoms with van der Waals surface area (Å²) in [6.45, 7) is 2.92. The number of ether oxygens (including phenoxy) is 1. The Morgan fingerprint density at radius 3 is 2.51 bits per heavy atom. The molecule has 1 aromatic carbocycles. The maximum Gasteiger partial charge on any atom is 0.416 e. The van der Waals surface area contributed by atoms with Crippen molar-refractivity contribution in [1.29, 1.82) is 0 Å². The molecule has 11 heteroatoms. The maximum absolute atomic E-state index is 13.2. The largest absolute Gasteiger partial charge is 0.416 e. The number of piperidine rings is 2. The third-order valence-electron chi connectivity index (χ3n) is 6.30. The Morgan fingerprint density at radius 2 is 1.86 bits per heavy atom. The molecule has 190 valence electrons. The van der Waals surface area contributed by atoms with Gasteiger partial charge >= 0.3 is 6.18 Å². The van der Waals surface area contributed by atoms with E-state index in [0.29, 0.717) is 22.8 Å². The number of hydrogen-bond acceptors (Lipinski definition) is 7. The number of nitrogens with one attached hydrogen (secondary N) is 3. The molecule has 0 bridgehead atoms. The fraction of sp³-hybridized carbons (Fsp3) is 0.542. The number of thiazole rings is 1. The second-order valence-electron chi connectivity index (χ2n) is 8.86. The molecule has 4 rings (SSSR count). The lowest BCUT2D eigenvalue weighted by atomic mass is 9.98. The van der Waals surface area contributed by atoms with E-state index in [1.807, 2.05) is 0 Å². The van der Waals surface area contributed by atoms with Crippen molar-refractivity contribution in [1.82, 2.24) is 20.9 Å². The minimum Gasteiger partial charge on any atom is -0.370 e. The first-order valence-electron chi connectivity index (χ1n) is 11.8. The Hall–Kier alpha value is -2.34. The molecule has 35 heavy (non-hydrogen) atoms. The molecule has 0 spiro atoms. The predicted octanol–water partition coefficient (Wildman–Crippen LogP) is 3.32. The minimum absolute atomic E-state index is 0.0156. The van der Waals surface area contributed by atoms with Crippen LogP contribution in [0.4, 0.5) is 13.2 Å². The van der Waals surface area contributed by atoms with Crippen molar-refractivity contribution in [2.45, 2.75) is 44.0 Å². The van der Waals surface area contributed by atoms with Crippen LogP contribution in [0.25, 0.3) is 11.3 Å². The molecule has 0 saturated carbocycles. The molecule has 2 saturated heterocycles. The van der Waals surface area contributed by atoms with Gasteiger partial charge in [0.05, 0.1) is 23.3 Å². The number of nitrogens with zero attached hydrogens (tertiary/aromatic N) is 1. The number of hydrogen-bond donors (Lipinski definition) is 3. The molecule has 1 unspecified atom stereocenters. The fourth-order valence-corrected chi connectivity index (χ4v) is 5.14. The lowest BCUT2D eigenvalue weighted by molar-refractivity contribution is -0.137. The molecule has 2 aliphatic heterocycles. The van der Waals surface area contributed by atoms with E-state index < -0.39 is 17.8 Å². The van der Waals surface area contributed by atoms with Crippen LogP contribution in [0.3, 0.4) is 0 Å². The Morgan fingerprint density at radius 1 is 1.11 bits per heavy atom. The molecule has 3 N–H and O–H groups in total. The van der Waals surface area contributed by atoms with E-state index in [4.69, 9.17) is 4.74 Å². The molecule has 0 aliphatic carbocycles. The van der Waals surface area contributed by atoms with Gasteiger partial charge in [-0.15, -0.1) is 11.3 Å². The zero-order valence-corrected chi connectivity index (χ0v) is 20.0. The second-order valence-corrected chi connectivity index (χ2v) is 9.75. The zero-order valence-electron chi connectivity index (χ0n) is 19.2. The average molecular weight is 511 g/mol.